The number of hydrogen-bond acceptors (Lipinski definition) is 3. The molecule has 0 aliphatic rings. The molecule has 2 heterocycles. The molecule has 0 fully saturated rings. The lowest BCUT2D eigenvalue weighted by Crippen LogP contribution is -2.06. The summed E-state index contributed by atoms with van der Waals surface area (Å²) < 4.78 is 70.7. The predicted molar refractivity (Wildman–Crippen MR) is 160 cm³/mol. The molecule has 0 amide bonds. The highest BCUT2D eigenvalue weighted by molar-refractivity contribution is 6.15. The monoisotopic (exact) mass is 510 g/mol. The smallest absolute Gasteiger partial charge is 0.238 e. The van der Waals surface area contributed by atoms with Crippen molar-refractivity contribution in [1.82, 2.24) is 19.5 Å². The summed E-state index contributed by atoms with van der Waals surface area (Å²) in [7, 11) is 0. The van der Waals surface area contributed by atoms with E-state index < -0.39 is 18.1 Å². The van der Waals surface area contributed by atoms with Crippen LogP contribution in [0, 0.1) is 13.8 Å². The van der Waals surface area contributed by atoms with E-state index in [0.717, 1.165) is 16.7 Å². The third kappa shape index (κ3) is 3.98. The van der Waals surface area contributed by atoms with Crippen molar-refractivity contribution in [2.45, 2.75) is 13.8 Å². The third-order valence-corrected chi connectivity index (χ3v) is 6.73. The van der Waals surface area contributed by atoms with Gasteiger partial charge in [0.25, 0.3) is 0 Å². The molecule has 0 aliphatic carbocycles. The number of benzene rings is 5. The first-order valence-corrected chi connectivity index (χ1v) is 12.5. The second-order valence-electron chi connectivity index (χ2n) is 9.27. The van der Waals surface area contributed by atoms with Crippen molar-refractivity contribution in [3.8, 4) is 39.9 Å². The van der Waals surface area contributed by atoms with Gasteiger partial charge in [-0.05, 0) is 42.6 Å². The molecule has 4 nitrogen and oxygen atoms in total. The lowest BCUT2D eigenvalue weighted by Gasteiger charge is -2.11. The molecule has 39 heavy (non-hydrogen) atoms. The summed E-state index contributed by atoms with van der Waals surface area (Å²) in [5.74, 6) is 0.864. The Morgan fingerprint density at radius 2 is 1.28 bits per heavy atom. The topological polar surface area (TPSA) is 43.6 Å². The molecule has 0 aliphatic heterocycles. The van der Waals surface area contributed by atoms with Crippen LogP contribution in [0.4, 0.5) is 0 Å². The Balaban J connectivity index is 1.67. The summed E-state index contributed by atoms with van der Waals surface area (Å²) >= 11 is 0. The van der Waals surface area contributed by atoms with Crippen molar-refractivity contribution in [2.75, 3.05) is 0 Å². The molecule has 0 unspecified atom stereocenters. The van der Waals surface area contributed by atoms with Crippen molar-refractivity contribution in [3.05, 3.63) is 132 Å². The molecule has 0 radical (unpaired) electrons. The predicted octanol–water partition coefficient (Wildman–Crippen LogP) is 8.59. The average Bonchev–Trinajstić information content (AvgIpc) is 3.45. The summed E-state index contributed by atoms with van der Waals surface area (Å²) in [6.07, 6.45) is 0. The highest BCUT2D eigenvalue weighted by Crippen LogP contribution is 2.39. The number of aryl methyl sites for hydroxylation is 1. The van der Waals surface area contributed by atoms with Gasteiger partial charge in [0.05, 0.1) is 22.0 Å². The van der Waals surface area contributed by atoms with Crippen molar-refractivity contribution in [2.24, 2.45) is 0 Å². The molecule has 5 aromatic carbocycles. The Bertz CT molecular complexity index is 2380. The van der Waals surface area contributed by atoms with Gasteiger partial charge in [-0.2, -0.15) is 9.97 Å². The van der Waals surface area contributed by atoms with Crippen LogP contribution in [0.1, 0.15) is 22.1 Å². The van der Waals surface area contributed by atoms with E-state index in [1.807, 2.05) is 61.5 Å². The van der Waals surface area contributed by atoms with E-state index in [-0.39, 0.29) is 52.6 Å². The molecule has 7 rings (SSSR count). The van der Waals surface area contributed by atoms with E-state index in [9.17, 15) is 0 Å². The van der Waals surface area contributed by atoms with Crippen molar-refractivity contribution >= 4 is 21.8 Å². The zero-order valence-corrected chi connectivity index (χ0v) is 21.2. The maximum Gasteiger partial charge on any atom is 0.238 e. The number of para-hydroxylation sites is 1. The molecular weight excluding hydrogens is 476 g/mol. The van der Waals surface area contributed by atoms with Gasteiger partial charge in [0.2, 0.25) is 5.95 Å². The number of hydrogen-bond donors (Lipinski definition) is 0. The first-order valence-electron chi connectivity index (χ1n) is 16.5. The minimum absolute atomic E-state index is 0.128. The van der Waals surface area contributed by atoms with Crippen LogP contribution < -0.4 is 0 Å². The van der Waals surface area contributed by atoms with Gasteiger partial charge in [-0.15, -0.1) is 0 Å². The number of nitrogens with zero attached hydrogens (tertiary/aromatic N) is 4. The Kier molecular flexibility index (Phi) is 3.83. The summed E-state index contributed by atoms with van der Waals surface area (Å²) in [5.41, 5.74) is 4.06. The fourth-order valence-electron chi connectivity index (χ4n) is 4.84. The molecule has 0 atom stereocenters. The fourth-order valence-corrected chi connectivity index (χ4v) is 4.84. The minimum Gasteiger partial charge on any atom is -0.278 e. The summed E-state index contributed by atoms with van der Waals surface area (Å²) in [4.78, 5) is 14.5. The summed E-state index contributed by atoms with van der Waals surface area (Å²) in [6, 6.07) is 19.7. The van der Waals surface area contributed by atoms with Gasteiger partial charge in [-0.25, -0.2) is 4.98 Å². The van der Waals surface area contributed by atoms with E-state index in [1.165, 1.54) is 0 Å². The van der Waals surface area contributed by atoms with Crippen LogP contribution in [0.5, 0.6) is 0 Å². The zero-order valence-electron chi connectivity index (χ0n) is 29.2. The molecule has 4 heteroatoms. The van der Waals surface area contributed by atoms with Crippen LogP contribution in [-0.2, 0) is 0 Å². The summed E-state index contributed by atoms with van der Waals surface area (Å²) in [5, 5.41) is 0.577. The molecule has 0 spiro atoms. The van der Waals surface area contributed by atoms with E-state index in [1.54, 1.807) is 29.7 Å². The molecule has 0 bridgehead atoms. The van der Waals surface area contributed by atoms with Gasteiger partial charge in [-0.3, -0.25) is 4.57 Å². The Labute approximate surface area is 238 Å². The van der Waals surface area contributed by atoms with Crippen LogP contribution in [0.25, 0.3) is 61.7 Å². The van der Waals surface area contributed by atoms with E-state index in [2.05, 4.69) is 0 Å². The number of fused-ring (bicyclic) bond motifs is 3. The van der Waals surface area contributed by atoms with Crippen molar-refractivity contribution < 1.29 is 11.0 Å². The second kappa shape index (κ2) is 9.34. The Morgan fingerprint density at radius 1 is 0.590 bits per heavy atom. The molecule has 0 saturated carbocycles. The van der Waals surface area contributed by atoms with Gasteiger partial charge in [0.15, 0.2) is 11.6 Å². The lowest BCUT2D eigenvalue weighted by atomic mass is 9.96. The van der Waals surface area contributed by atoms with E-state index in [0.29, 0.717) is 33.7 Å². The molecule has 7 aromatic rings. The highest BCUT2D eigenvalue weighted by Gasteiger charge is 2.20. The van der Waals surface area contributed by atoms with Crippen LogP contribution >= 0.6 is 0 Å². The minimum atomic E-state index is -0.429. The summed E-state index contributed by atoms with van der Waals surface area (Å²) in [6.45, 7) is 3.60. The van der Waals surface area contributed by atoms with E-state index in [4.69, 9.17) is 25.9 Å². The fraction of sp³-hybridized carbons (Fsp3) is 0.0571. The van der Waals surface area contributed by atoms with Crippen LogP contribution in [-0.4, -0.2) is 19.5 Å². The molecule has 2 aromatic heterocycles. The lowest BCUT2D eigenvalue weighted by molar-refractivity contribution is 0.953. The largest absolute Gasteiger partial charge is 0.278 e. The standard InChI is InChI=1S/C35H26N4/c1-23-19-21-26(22-20-23)34-36-33(25-12-4-3-5-13-25)37-35(38-34)39-30-17-9-8-15-29(30)32-28(16-10-18-31(32)39)27-14-7-6-11-24(27)2/h3-22H,1-2H3/i6D,7D,8D,9D,11D,14D,15D,17D. The third-order valence-electron chi connectivity index (χ3n) is 6.73. The van der Waals surface area contributed by atoms with Crippen molar-refractivity contribution in [3.63, 3.8) is 0 Å². The maximum atomic E-state index is 9.06. The van der Waals surface area contributed by atoms with Crippen LogP contribution in [0.3, 0.4) is 0 Å². The van der Waals surface area contributed by atoms with Gasteiger partial charge < -0.3 is 0 Å². The van der Waals surface area contributed by atoms with E-state index >= 15 is 0 Å². The van der Waals surface area contributed by atoms with Crippen LogP contribution in [0.2, 0.25) is 0 Å². The number of rotatable bonds is 4. The second-order valence-corrected chi connectivity index (χ2v) is 9.27. The van der Waals surface area contributed by atoms with Crippen molar-refractivity contribution in [1.29, 1.82) is 0 Å². The maximum absolute atomic E-state index is 9.06. The Hall–Kier alpha value is -5.09. The highest BCUT2D eigenvalue weighted by atomic mass is 15.2. The first-order chi connectivity index (χ1) is 22.5. The molecule has 0 N–H and O–H groups in total. The molecular formula is C35H26N4. The Morgan fingerprint density at radius 3 is 2.08 bits per heavy atom. The van der Waals surface area contributed by atoms with Gasteiger partial charge in [0, 0.05) is 21.9 Å². The average molecular weight is 511 g/mol. The van der Waals surface area contributed by atoms with Gasteiger partial charge in [-0.1, -0.05) is 115 Å². The zero-order chi connectivity index (χ0) is 33.3. The first kappa shape index (κ1) is 16.0. The molecule has 0 saturated heterocycles. The van der Waals surface area contributed by atoms with Gasteiger partial charge >= 0.3 is 0 Å². The van der Waals surface area contributed by atoms with Crippen LogP contribution in [0.15, 0.2) is 121 Å². The normalized spacial score (nSPS) is 14.2. The number of aromatic nitrogens is 4. The SMILES string of the molecule is [2H]c1c([2H])c([2H])c(-c2cccc3c2c2c([2H])c([2H])c([2H])c([2H])c2n3-c2nc(-c3ccccc3)nc(-c3ccc(C)cc3)n2)c(C)c1[2H]. The molecule has 186 valence electrons. The van der Waals surface area contributed by atoms with Gasteiger partial charge in [0.1, 0.15) is 0 Å². The quantitative estimate of drug-likeness (QED) is 0.238.